The van der Waals surface area contributed by atoms with Gasteiger partial charge in [-0.05, 0) is 25.0 Å². The Labute approximate surface area is 183 Å². The minimum atomic E-state index is -5.08. The van der Waals surface area contributed by atoms with Crippen molar-refractivity contribution in [3.63, 3.8) is 0 Å². The number of nitrogens with zero attached hydrogens (tertiary/aromatic N) is 2. The summed E-state index contributed by atoms with van der Waals surface area (Å²) in [6.07, 6.45) is -3.74. The number of hydrogen-bond donors (Lipinski definition) is 2. The average molecular weight is 460 g/mol. The molecular weight excluding hydrogens is 433 g/mol. The summed E-state index contributed by atoms with van der Waals surface area (Å²) in [5.74, 6) is -3.53. The van der Waals surface area contributed by atoms with Gasteiger partial charge in [0.15, 0.2) is 0 Å². The van der Waals surface area contributed by atoms with E-state index in [1.807, 2.05) is 35.2 Å². The maximum Gasteiger partial charge on any atom is 0.490 e. The molecule has 0 aromatic heterocycles. The van der Waals surface area contributed by atoms with Gasteiger partial charge in [0.25, 0.3) is 5.91 Å². The highest BCUT2D eigenvalue weighted by molar-refractivity contribution is 5.94. The topological polar surface area (TPSA) is 107 Å². The zero-order valence-electron chi connectivity index (χ0n) is 17.7. The maximum absolute atomic E-state index is 12.8. The second-order valence-electron chi connectivity index (χ2n) is 7.91. The number of carboxylic acids is 2. The van der Waals surface area contributed by atoms with Gasteiger partial charge in [0.1, 0.15) is 0 Å². The molecule has 2 N–H and O–H groups in total. The van der Waals surface area contributed by atoms with Gasteiger partial charge in [-0.15, -0.1) is 0 Å². The minimum Gasteiger partial charge on any atom is -0.481 e. The predicted octanol–water partition coefficient (Wildman–Crippen LogP) is 2.21. The first-order chi connectivity index (χ1) is 15.0. The number of carboxylic acid groups (broad SMARTS) is 2. The molecule has 1 amide bonds. The van der Waals surface area contributed by atoms with E-state index in [4.69, 9.17) is 14.6 Å². The number of likely N-dealkylation sites (tertiary alicyclic amines) is 2. The van der Waals surface area contributed by atoms with Crippen LogP contribution in [0.5, 0.6) is 0 Å². The number of rotatable bonds is 5. The van der Waals surface area contributed by atoms with Crippen molar-refractivity contribution >= 4 is 17.8 Å². The van der Waals surface area contributed by atoms with Gasteiger partial charge in [0.05, 0.1) is 12.0 Å². The molecule has 1 aromatic carbocycles. The lowest BCUT2D eigenvalue weighted by Gasteiger charge is -2.29. The zero-order valence-corrected chi connectivity index (χ0v) is 17.7. The second-order valence-corrected chi connectivity index (χ2v) is 7.91. The average Bonchev–Trinajstić information content (AvgIpc) is 2.99. The molecular formula is C21H27F3N2O6. The lowest BCUT2D eigenvalue weighted by molar-refractivity contribution is -0.192. The molecule has 2 fully saturated rings. The predicted molar refractivity (Wildman–Crippen MR) is 107 cm³/mol. The number of amides is 1. The number of carbonyl (C=O) groups excluding carboxylic acids is 1. The Morgan fingerprint density at radius 1 is 1.16 bits per heavy atom. The first-order valence-electron chi connectivity index (χ1n) is 10.1. The van der Waals surface area contributed by atoms with Gasteiger partial charge in [0.2, 0.25) is 0 Å². The molecule has 8 nitrogen and oxygen atoms in total. The third kappa shape index (κ3) is 6.19. The zero-order chi connectivity index (χ0) is 23.9. The van der Waals surface area contributed by atoms with Crippen LogP contribution in [0, 0.1) is 11.3 Å². The van der Waals surface area contributed by atoms with Crippen LogP contribution < -0.4 is 0 Å². The Morgan fingerprint density at radius 3 is 2.31 bits per heavy atom. The van der Waals surface area contributed by atoms with Gasteiger partial charge in [-0.25, -0.2) is 4.79 Å². The molecule has 32 heavy (non-hydrogen) atoms. The van der Waals surface area contributed by atoms with Gasteiger partial charge in [-0.2, -0.15) is 13.2 Å². The second kappa shape index (κ2) is 10.8. The smallest absolute Gasteiger partial charge is 0.481 e. The van der Waals surface area contributed by atoms with Crippen LogP contribution in [0.1, 0.15) is 23.2 Å². The van der Waals surface area contributed by atoms with E-state index in [2.05, 4.69) is 4.90 Å². The molecule has 2 aliphatic heterocycles. The number of methoxy groups -OCH3 is 1. The molecule has 0 saturated carbocycles. The number of alkyl halides is 3. The largest absolute Gasteiger partial charge is 0.490 e. The summed E-state index contributed by atoms with van der Waals surface area (Å²) in [6.45, 7) is 3.70. The van der Waals surface area contributed by atoms with Crippen molar-refractivity contribution in [1.29, 1.82) is 0 Å². The molecule has 0 radical (unpaired) electrons. The standard InChI is InChI=1S/C19H26N2O4.C2HF3O2/c1-25-11-10-20-12-16-13-21(17(22)15-6-3-2-4-7-15)9-5-8-19(16,14-20)18(23)24;3-2(4,5)1(6)7/h2-4,6-7,16H,5,8-14H2,1H3,(H,23,24);(H,6,7)/t16-,19+;/m1./s1. The van der Waals surface area contributed by atoms with E-state index < -0.39 is 23.5 Å². The molecule has 2 atom stereocenters. The fraction of sp³-hybridized carbons (Fsp3) is 0.571. The van der Waals surface area contributed by atoms with E-state index in [1.165, 1.54) is 0 Å². The molecule has 0 bridgehead atoms. The molecule has 2 aliphatic rings. The molecule has 0 spiro atoms. The van der Waals surface area contributed by atoms with Crippen LogP contribution in [0.4, 0.5) is 13.2 Å². The summed E-state index contributed by atoms with van der Waals surface area (Å²) in [5.41, 5.74) is -0.0843. The van der Waals surface area contributed by atoms with Gasteiger partial charge >= 0.3 is 18.1 Å². The normalized spacial score (nSPS) is 23.5. The Kier molecular flexibility index (Phi) is 8.62. The van der Waals surface area contributed by atoms with Crippen molar-refractivity contribution in [2.24, 2.45) is 11.3 Å². The Bertz CT molecular complexity index is 804. The number of halogens is 3. The van der Waals surface area contributed by atoms with Crippen molar-refractivity contribution < 1.29 is 42.5 Å². The number of carbonyl (C=O) groups is 3. The third-order valence-corrected chi connectivity index (χ3v) is 5.85. The fourth-order valence-corrected chi connectivity index (χ4v) is 4.23. The van der Waals surface area contributed by atoms with Crippen LogP contribution in [0.25, 0.3) is 0 Å². The van der Waals surface area contributed by atoms with E-state index in [1.54, 1.807) is 7.11 Å². The van der Waals surface area contributed by atoms with Crippen molar-refractivity contribution in [2.45, 2.75) is 19.0 Å². The summed E-state index contributed by atoms with van der Waals surface area (Å²) < 4.78 is 36.9. The summed E-state index contributed by atoms with van der Waals surface area (Å²) in [5, 5.41) is 17.1. The number of hydrogen-bond acceptors (Lipinski definition) is 5. The van der Waals surface area contributed by atoms with E-state index in [0.717, 1.165) is 13.0 Å². The van der Waals surface area contributed by atoms with Gasteiger partial charge in [0, 0.05) is 51.3 Å². The number of benzene rings is 1. The Morgan fingerprint density at radius 2 is 1.78 bits per heavy atom. The van der Waals surface area contributed by atoms with Gasteiger partial charge in [-0.1, -0.05) is 18.2 Å². The summed E-state index contributed by atoms with van der Waals surface area (Å²) in [4.78, 5) is 37.8. The van der Waals surface area contributed by atoms with Crippen LogP contribution in [-0.2, 0) is 14.3 Å². The maximum atomic E-state index is 12.8. The molecule has 0 unspecified atom stereocenters. The number of aliphatic carboxylic acids is 2. The molecule has 11 heteroatoms. The van der Waals surface area contributed by atoms with Crippen molar-refractivity contribution in [1.82, 2.24) is 9.80 Å². The summed E-state index contributed by atoms with van der Waals surface area (Å²) in [7, 11) is 1.65. The number of ether oxygens (including phenoxy) is 1. The first kappa shape index (κ1) is 25.6. The third-order valence-electron chi connectivity index (χ3n) is 5.85. The van der Waals surface area contributed by atoms with E-state index >= 15 is 0 Å². The highest BCUT2D eigenvalue weighted by Gasteiger charge is 2.53. The van der Waals surface area contributed by atoms with Crippen LogP contribution in [-0.4, -0.2) is 90.5 Å². The van der Waals surface area contributed by atoms with Gasteiger partial charge in [-0.3, -0.25) is 14.5 Å². The van der Waals surface area contributed by atoms with Crippen LogP contribution in [0.15, 0.2) is 30.3 Å². The van der Waals surface area contributed by atoms with E-state index in [0.29, 0.717) is 44.8 Å². The van der Waals surface area contributed by atoms with Crippen LogP contribution in [0.3, 0.4) is 0 Å². The van der Waals surface area contributed by atoms with Gasteiger partial charge < -0.3 is 19.8 Å². The van der Waals surface area contributed by atoms with Crippen molar-refractivity contribution in [2.75, 3.05) is 46.4 Å². The van der Waals surface area contributed by atoms with Crippen molar-refractivity contribution in [3.8, 4) is 0 Å². The van der Waals surface area contributed by atoms with E-state index in [9.17, 15) is 27.9 Å². The lowest BCUT2D eigenvalue weighted by Crippen LogP contribution is -2.42. The Balaban J connectivity index is 0.000000451. The molecule has 3 rings (SSSR count). The van der Waals surface area contributed by atoms with E-state index in [-0.39, 0.29) is 11.8 Å². The molecule has 0 aliphatic carbocycles. The summed E-state index contributed by atoms with van der Waals surface area (Å²) >= 11 is 0. The molecule has 2 heterocycles. The lowest BCUT2D eigenvalue weighted by atomic mass is 9.75. The highest BCUT2D eigenvalue weighted by Crippen LogP contribution is 2.43. The van der Waals surface area contributed by atoms with Crippen molar-refractivity contribution in [3.05, 3.63) is 35.9 Å². The highest BCUT2D eigenvalue weighted by atomic mass is 19.4. The minimum absolute atomic E-state index is 0.00266. The van der Waals surface area contributed by atoms with Crippen LogP contribution in [0.2, 0.25) is 0 Å². The molecule has 1 aromatic rings. The Hall–Kier alpha value is -2.66. The monoisotopic (exact) mass is 460 g/mol. The number of fused-ring (bicyclic) bond motifs is 1. The summed E-state index contributed by atoms with van der Waals surface area (Å²) in [6, 6.07) is 9.23. The van der Waals surface area contributed by atoms with Crippen LogP contribution >= 0.6 is 0 Å². The quantitative estimate of drug-likeness (QED) is 0.694. The molecule has 2 saturated heterocycles. The molecule has 178 valence electrons. The SMILES string of the molecule is COCCN1C[C@@H]2CN(C(=O)c3ccccc3)CCC[C@]2(C(=O)O)C1.O=C(O)C(F)(F)F. The first-order valence-corrected chi connectivity index (χ1v) is 10.1. The fourth-order valence-electron chi connectivity index (χ4n) is 4.23.